The number of rotatable bonds is 7. The van der Waals surface area contributed by atoms with Gasteiger partial charge in [-0.25, -0.2) is 0 Å². The van der Waals surface area contributed by atoms with Gasteiger partial charge in [0.1, 0.15) is 18.0 Å². The predicted octanol–water partition coefficient (Wildman–Crippen LogP) is 3.16. The van der Waals surface area contributed by atoms with Crippen LogP contribution in [-0.2, 0) is 11.3 Å². The summed E-state index contributed by atoms with van der Waals surface area (Å²) in [5.41, 5.74) is 1.32. The molecule has 0 saturated carbocycles. The Morgan fingerprint density at radius 2 is 1.93 bits per heavy atom. The molecule has 1 amide bonds. The van der Waals surface area contributed by atoms with Crippen molar-refractivity contribution in [3.63, 3.8) is 0 Å². The summed E-state index contributed by atoms with van der Waals surface area (Å²) in [7, 11) is 3.12. The van der Waals surface area contributed by atoms with Crippen LogP contribution in [0.5, 0.6) is 11.5 Å². The molecule has 0 aliphatic carbocycles. The van der Waals surface area contributed by atoms with Crippen LogP contribution in [0.25, 0.3) is 23.0 Å². The minimum absolute atomic E-state index is 0.0440. The van der Waals surface area contributed by atoms with Crippen LogP contribution in [0.1, 0.15) is 5.76 Å². The van der Waals surface area contributed by atoms with Crippen LogP contribution < -0.4 is 14.8 Å². The molecule has 154 valence electrons. The van der Waals surface area contributed by atoms with E-state index in [9.17, 15) is 4.79 Å². The monoisotopic (exact) mass is 409 g/mol. The average Bonchev–Trinajstić information content (AvgIpc) is 3.48. The molecule has 0 radical (unpaired) electrons. The summed E-state index contributed by atoms with van der Waals surface area (Å²) in [5.74, 6) is 2.55. The molecule has 0 aliphatic rings. The molecule has 4 aromatic rings. The molecular weight excluding hydrogens is 390 g/mol. The van der Waals surface area contributed by atoms with Crippen LogP contribution in [0.4, 0.5) is 5.82 Å². The molecule has 0 unspecified atom stereocenters. The van der Waals surface area contributed by atoms with Crippen molar-refractivity contribution >= 4 is 11.7 Å². The third kappa shape index (κ3) is 3.88. The van der Waals surface area contributed by atoms with Gasteiger partial charge in [0, 0.05) is 17.8 Å². The first kappa shape index (κ1) is 19.2. The molecule has 4 rings (SSSR count). The van der Waals surface area contributed by atoms with E-state index in [4.69, 9.17) is 18.5 Å². The summed E-state index contributed by atoms with van der Waals surface area (Å²) in [6.45, 7) is 1.79. The fraction of sp³-hybridized carbons (Fsp3) is 0.200. The number of amides is 1. The van der Waals surface area contributed by atoms with Crippen molar-refractivity contribution in [3.8, 4) is 34.5 Å². The first-order chi connectivity index (χ1) is 14.6. The van der Waals surface area contributed by atoms with Gasteiger partial charge in [-0.05, 0) is 37.3 Å². The molecule has 10 nitrogen and oxygen atoms in total. The Kier molecular flexibility index (Phi) is 5.21. The van der Waals surface area contributed by atoms with Crippen molar-refractivity contribution in [1.29, 1.82) is 0 Å². The lowest BCUT2D eigenvalue weighted by Crippen LogP contribution is -2.19. The van der Waals surface area contributed by atoms with Crippen molar-refractivity contribution in [3.05, 3.63) is 48.4 Å². The van der Waals surface area contributed by atoms with E-state index >= 15 is 0 Å². The van der Waals surface area contributed by atoms with Crippen molar-refractivity contribution in [2.24, 2.45) is 0 Å². The molecule has 0 saturated heterocycles. The van der Waals surface area contributed by atoms with Crippen LogP contribution >= 0.6 is 0 Å². The van der Waals surface area contributed by atoms with Crippen LogP contribution in [-0.4, -0.2) is 40.0 Å². The SMILES string of the molecule is COc1ccc(-c2noc(-c3cccn3CC(=O)Nc3cc(C)on3)n2)cc1OC. The number of aryl methyl sites for hydroxylation is 1. The largest absolute Gasteiger partial charge is 0.493 e. The highest BCUT2D eigenvalue weighted by atomic mass is 16.5. The zero-order chi connectivity index (χ0) is 21.1. The second-order valence-electron chi connectivity index (χ2n) is 6.39. The molecule has 0 spiro atoms. The molecule has 1 N–H and O–H groups in total. The number of hydrogen-bond acceptors (Lipinski definition) is 8. The normalized spacial score (nSPS) is 10.8. The van der Waals surface area contributed by atoms with E-state index in [1.807, 2.05) is 6.07 Å². The number of carbonyl (C=O) groups is 1. The highest BCUT2D eigenvalue weighted by Gasteiger charge is 2.17. The molecule has 3 aromatic heterocycles. The van der Waals surface area contributed by atoms with E-state index in [-0.39, 0.29) is 18.3 Å². The van der Waals surface area contributed by atoms with Gasteiger partial charge < -0.3 is 28.4 Å². The Hall–Kier alpha value is -4.08. The van der Waals surface area contributed by atoms with E-state index in [0.29, 0.717) is 40.2 Å². The summed E-state index contributed by atoms with van der Waals surface area (Å²) in [6, 6.07) is 10.6. The quantitative estimate of drug-likeness (QED) is 0.495. The lowest BCUT2D eigenvalue weighted by Gasteiger charge is -2.07. The number of nitrogens with zero attached hydrogens (tertiary/aromatic N) is 4. The van der Waals surface area contributed by atoms with E-state index in [2.05, 4.69) is 20.6 Å². The molecule has 0 fully saturated rings. The minimum atomic E-state index is -0.264. The van der Waals surface area contributed by atoms with Gasteiger partial charge in [-0.3, -0.25) is 4.79 Å². The first-order valence-corrected chi connectivity index (χ1v) is 9.02. The van der Waals surface area contributed by atoms with Crippen LogP contribution in [0.3, 0.4) is 0 Å². The van der Waals surface area contributed by atoms with Crippen LogP contribution in [0, 0.1) is 6.92 Å². The van der Waals surface area contributed by atoms with Crippen LogP contribution in [0.15, 0.2) is 51.6 Å². The Morgan fingerprint density at radius 1 is 1.10 bits per heavy atom. The smallest absolute Gasteiger partial charge is 0.274 e. The molecule has 30 heavy (non-hydrogen) atoms. The number of aromatic nitrogens is 4. The predicted molar refractivity (Wildman–Crippen MR) is 106 cm³/mol. The van der Waals surface area contributed by atoms with Crippen LogP contribution in [0.2, 0.25) is 0 Å². The molecular formula is C20H19N5O5. The Balaban J connectivity index is 1.53. The van der Waals surface area contributed by atoms with E-state index in [1.54, 1.807) is 62.2 Å². The standard InChI is InChI=1S/C20H19N5O5/c1-12-9-17(23-29-12)21-18(26)11-25-8-4-5-14(25)20-22-19(24-30-20)13-6-7-15(27-2)16(10-13)28-3/h4-10H,11H2,1-3H3,(H,21,23,26). The third-order valence-corrected chi connectivity index (χ3v) is 4.33. The maximum atomic E-state index is 12.3. The Labute approximate surface area is 171 Å². The maximum absolute atomic E-state index is 12.3. The zero-order valence-corrected chi connectivity index (χ0v) is 16.6. The lowest BCUT2D eigenvalue weighted by atomic mass is 10.2. The lowest BCUT2D eigenvalue weighted by molar-refractivity contribution is -0.116. The summed E-state index contributed by atoms with van der Waals surface area (Å²) in [5, 5.41) is 10.5. The molecule has 3 heterocycles. The summed E-state index contributed by atoms with van der Waals surface area (Å²) < 4.78 is 22.6. The topological polar surface area (TPSA) is 117 Å². The van der Waals surface area contributed by atoms with Gasteiger partial charge in [-0.2, -0.15) is 4.98 Å². The number of benzene rings is 1. The third-order valence-electron chi connectivity index (χ3n) is 4.33. The van der Waals surface area contributed by atoms with Gasteiger partial charge in [-0.15, -0.1) is 0 Å². The fourth-order valence-electron chi connectivity index (χ4n) is 2.93. The Bertz CT molecular complexity index is 1180. The first-order valence-electron chi connectivity index (χ1n) is 9.02. The average molecular weight is 409 g/mol. The van der Waals surface area contributed by atoms with E-state index in [1.165, 1.54) is 0 Å². The van der Waals surface area contributed by atoms with Gasteiger partial charge >= 0.3 is 0 Å². The van der Waals surface area contributed by atoms with Crippen molar-refractivity contribution < 1.29 is 23.3 Å². The number of ether oxygens (including phenoxy) is 2. The van der Waals surface area contributed by atoms with Gasteiger partial charge in [0.2, 0.25) is 11.7 Å². The number of nitrogens with one attached hydrogen (secondary N) is 1. The minimum Gasteiger partial charge on any atom is -0.493 e. The second-order valence-corrected chi connectivity index (χ2v) is 6.39. The molecule has 0 atom stereocenters. The number of hydrogen-bond donors (Lipinski definition) is 1. The molecule has 0 aliphatic heterocycles. The Morgan fingerprint density at radius 3 is 2.67 bits per heavy atom. The van der Waals surface area contributed by atoms with Crippen molar-refractivity contribution in [2.45, 2.75) is 13.5 Å². The van der Waals surface area contributed by atoms with Gasteiger partial charge in [0.15, 0.2) is 17.3 Å². The summed E-state index contributed by atoms with van der Waals surface area (Å²) in [4.78, 5) is 16.8. The zero-order valence-electron chi connectivity index (χ0n) is 16.6. The second kappa shape index (κ2) is 8.11. The summed E-state index contributed by atoms with van der Waals surface area (Å²) in [6.07, 6.45) is 1.75. The number of anilines is 1. The number of carbonyl (C=O) groups excluding carboxylic acids is 1. The number of methoxy groups -OCH3 is 2. The molecule has 10 heteroatoms. The molecule has 1 aromatic carbocycles. The highest BCUT2D eigenvalue weighted by Crippen LogP contribution is 2.32. The van der Waals surface area contributed by atoms with E-state index < -0.39 is 0 Å². The van der Waals surface area contributed by atoms with Crippen molar-refractivity contribution in [2.75, 3.05) is 19.5 Å². The van der Waals surface area contributed by atoms with Gasteiger partial charge in [0.25, 0.3) is 5.89 Å². The summed E-state index contributed by atoms with van der Waals surface area (Å²) >= 11 is 0. The van der Waals surface area contributed by atoms with Crippen molar-refractivity contribution in [1.82, 2.24) is 19.9 Å². The highest BCUT2D eigenvalue weighted by molar-refractivity contribution is 5.89. The van der Waals surface area contributed by atoms with E-state index in [0.717, 1.165) is 0 Å². The fourth-order valence-corrected chi connectivity index (χ4v) is 2.93. The maximum Gasteiger partial charge on any atom is 0.274 e. The molecule has 0 bridgehead atoms. The van der Waals surface area contributed by atoms with Gasteiger partial charge in [-0.1, -0.05) is 10.3 Å². The van der Waals surface area contributed by atoms with Gasteiger partial charge in [0.05, 0.1) is 14.2 Å².